The average molecular weight is 406 g/mol. The van der Waals surface area contributed by atoms with Gasteiger partial charge < -0.3 is 10.0 Å². The zero-order chi connectivity index (χ0) is 21.2. The topological polar surface area (TPSA) is 23.5 Å². The predicted molar refractivity (Wildman–Crippen MR) is 129 cm³/mol. The SMILES string of the molecule is Cc1cc(C(C)(C)C)cc(Pc2c(C)cccc2CN(C)c2ccccc2)c1O. The summed E-state index contributed by atoms with van der Waals surface area (Å²) in [6.07, 6.45) is 0. The Kier molecular flexibility index (Phi) is 6.34. The van der Waals surface area contributed by atoms with Crippen LogP contribution in [-0.4, -0.2) is 12.2 Å². The summed E-state index contributed by atoms with van der Waals surface area (Å²) in [6, 6.07) is 21.3. The van der Waals surface area contributed by atoms with Gasteiger partial charge in [0, 0.05) is 24.6 Å². The summed E-state index contributed by atoms with van der Waals surface area (Å²) in [5.74, 6) is 0.432. The summed E-state index contributed by atoms with van der Waals surface area (Å²) in [5, 5.41) is 13.2. The molecule has 0 aromatic heterocycles. The second-order valence-corrected chi connectivity index (χ2v) is 10.2. The van der Waals surface area contributed by atoms with E-state index in [4.69, 9.17) is 0 Å². The Bertz CT molecular complexity index is 990. The van der Waals surface area contributed by atoms with E-state index < -0.39 is 0 Å². The van der Waals surface area contributed by atoms with Crippen molar-refractivity contribution in [3.05, 3.63) is 82.9 Å². The molecule has 0 spiro atoms. The van der Waals surface area contributed by atoms with E-state index in [1.165, 1.54) is 27.7 Å². The third-order valence-electron chi connectivity index (χ3n) is 5.39. The molecule has 0 heterocycles. The van der Waals surface area contributed by atoms with Crippen LogP contribution < -0.4 is 15.5 Å². The van der Waals surface area contributed by atoms with Gasteiger partial charge in [-0.25, -0.2) is 0 Å². The maximum absolute atomic E-state index is 10.8. The van der Waals surface area contributed by atoms with Gasteiger partial charge in [0.15, 0.2) is 0 Å². The number of anilines is 1. The number of phenols is 1. The largest absolute Gasteiger partial charge is 0.507 e. The molecule has 1 N–H and O–H groups in total. The first-order chi connectivity index (χ1) is 13.7. The van der Waals surface area contributed by atoms with Gasteiger partial charge >= 0.3 is 0 Å². The van der Waals surface area contributed by atoms with Crippen LogP contribution in [0.2, 0.25) is 0 Å². The van der Waals surface area contributed by atoms with Crippen molar-refractivity contribution in [1.82, 2.24) is 0 Å². The molecule has 2 nitrogen and oxygen atoms in total. The van der Waals surface area contributed by atoms with Gasteiger partial charge in [-0.15, -0.1) is 0 Å². The number of nitrogens with zero attached hydrogens (tertiary/aromatic N) is 1. The molecule has 0 aliphatic rings. The quantitative estimate of drug-likeness (QED) is 0.561. The average Bonchev–Trinajstić information content (AvgIpc) is 2.67. The van der Waals surface area contributed by atoms with E-state index in [0.29, 0.717) is 14.3 Å². The molecule has 1 unspecified atom stereocenters. The van der Waals surface area contributed by atoms with E-state index in [0.717, 1.165) is 17.4 Å². The van der Waals surface area contributed by atoms with Gasteiger partial charge in [0.05, 0.1) is 0 Å². The van der Waals surface area contributed by atoms with Crippen LogP contribution in [-0.2, 0) is 12.0 Å². The Labute approximate surface area is 177 Å². The van der Waals surface area contributed by atoms with E-state index in [1.807, 2.05) is 13.0 Å². The third kappa shape index (κ3) is 5.00. The van der Waals surface area contributed by atoms with Crippen molar-refractivity contribution >= 4 is 24.9 Å². The summed E-state index contributed by atoms with van der Waals surface area (Å²) in [7, 11) is 2.56. The van der Waals surface area contributed by atoms with Crippen molar-refractivity contribution in [1.29, 1.82) is 0 Å². The molecule has 152 valence electrons. The molecular weight excluding hydrogens is 373 g/mol. The summed E-state index contributed by atoms with van der Waals surface area (Å²) < 4.78 is 0. The molecule has 3 aromatic carbocycles. The van der Waals surface area contributed by atoms with Crippen LogP contribution in [0.4, 0.5) is 5.69 Å². The van der Waals surface area contributed by atoms with Gasteiger partial charge in [-0.1, -0.05) is 71.8 Å². The molecule has 0 saturated heterocycles. The molecule has 0 bridgehead atoms. The Hall–Kier alpha value is -2.31. The minimum absolute atomic E-state index is 0.0553. The first kappa shape index (κ1) is 21.4. The van der Waals surface area contributed by atoms with E-state index in [9.17, 15) is 5.11 Å². The minimum Gasteiger partial charge on any atom is -0.507 e. The molecule has 29 heavy (non-hydrogen) atoms. The van der Waals surface area contributed by atoms with Gasteiger partial charge in [0.25, 0.3) is 0 Å². The first-order valence-corrected chi connectivity index (χ1v) is 11.1. The molecule has 1 atom stereocenters. The monoisotopic (exact) mass is 405 g/mol. The lowest BCUT2D eigenvalue weighted by atomic mass is 9.86. The highest BCUT2D eigenvalue weighted by atomic mass is 31.1. The Morgan fingerprint density at radius 1 is 0.897 bits per heavy atom. The zero-order valence-electron chi connectivity index (χ0n) is 18.4. The molecule has 3 heteroatoms. The molecule has 3 rings (SSSR count). The maximum Gasteiger partial charge on any atom is 0.126 e. The number of aryl methyl sites for hydroxylation is 2. The number of para-hydroxylation sites is 1. The fourth-order valence-electron chi connectivity index (χ4n) is 3.51. The van der Waals surface area contributed by atoms with Crippen LogP contribution >= 0.6 is 8.58 Å². The number of phenolic OH excluding ortho intramolecular Hbond substituents is 1. The molecule has 0 aliphatic heterocycles. The molecule has 0 saturated carbocycles. The minimum atomic E-state index is 0.0553. The standard InChI is InChI=1S/C26H32NOP/c1-18-11-10-12-20(17-27(6)22-13-8-7-9-14-22)25(18)29-23-16-21(26(3,4)5)15-19(2)24(23)28/h7-16,28-29H,17H2,1-6H3. The summed E-state index contributed by atoms with van der Waals surface area (Å²) in [5.41, 5.74) is 6.08. The van der Waals surface area contributed by atoms with Crippen LogP contribution in [0, 0.1) is 13.8 Å². The highest BCUT2D eigenvalue weighted by Crippen LogP contribution is 2.31. The Morgan fingerprint density at radius 3 is 2.24 bits per heavy atom. The molecular formula is C26H32NOP. The van der Waals surface area contributed by atoms with Crippen LogP contribution in [0.15, 0.2) is 60.7 Å². The fraction of sp³-hybridized carbons (Fsp3) is 0.308. The Morgan fingerprint density at radius 2 is 1.59 bits per heavy atom. The lowest BCUT2D eigenvalue weighted by Gasteiger charge is -2.24. The molecule has 0 radical (unpaired) electrons. The Balaban J connectivity index is 1.97. The summed E-state index contributed by atoms with van der Waals surface area (Å²) >= 11 is 0. The molecule has 0 amide bonds. The third-order valence-corrected chi connectivity index (χ3v) is 7.01. The summed E-state index contributed by atoms with van der Waals surface area (Å²) in [4.78, 5) is 2.28. The maximum atomic E-state index is 10.8. The predicted octanol–water partition coefficient (Wildman–Crippen LogP) is 5.57. The van der Waals surface area contributed by atoms with Crippen molar-refractivity contribution in [3.8, 4) is 5.75 Å². The number of hydrogen-bond donors (Lipinski definition) is 1. The van der Waals surface area contributed by atoms with Crippen molar-refractivity contribution in [2.24, 2.45) is 0 Å². The van der Waals surface area contributed by atoms with Crippen molar-refractivity contribution in [3.63, 3.8) is 0 Å². The second-order valence-electron chi connectivity index (χ2n) is 8.86. The van der Waals surface area contributed by atoms with Crippen LogP contribution in [0.3, 0.4) is 0 Å². The fourth-order valence-corrected chi connectivity index (χ4v) is 4.93. The highest BCUT2D eigenvalue weighted by Gasteiger charge is 2.19. The molecule has 0 aliphatic carbocycles. The number of rotatable bonds is 5. The van der Waals surface area contributed by atoms with Gasteiger partial charge in [0.2, 0.25) is 0 Å². The number of aromatic hydroxyl groups is 1. The van der Waals surface area contributed by atoms with Gasteiger partial charge in [0.1, 0.15) is 5.75 Å². The van der Waals surface area contributed by atoms with Crippen molar-refractivity contribution in [2.45, 2.75) is 46.6 Å². The first-order valence-electron chi connectivity index (χ1n) is 10.1. The van der Waals surface area contributed by atoms with E-state index in [1.54, 1.807) is 0 Å². The van der Waals surface area contributed by atoms with Crippen molar-refractivity contribution in [2.75, 3.05) is 11.9 Å². The van der Waals surface area contributed by atoms with Crippen molar-refractivity contribution < 1.29 is 5.11 Å². The van der Waals surface area contributed by atoms with Gasteiger partial charge in [-0.05, 0) is 65.0 Å². The highest BCUT2D eigenvalue weighted by molar-refractivity contribution is 7.56. The number of benzene rings is 3. The van der Waals surface area contributed by atoms with E-state index in [-0.39, 0.29) is 5.41 Å². The summed E-state index contributed by atoms with van der Waals surface area (Å²) in [6.45, 7) is 11.7. The van der Waals surface area contributed by atoms with Gasteiger partial charge in [-0.2, -0.15) is 0 Å². The molecule has 0 fully saturated rings. The lowest BCUT2D eigenvalue weighted by molar-refractivity contribution is 0.474. The van der Waals surface area contributed by atoms with Crippen LogP contribution in [0.25, 0.3) is 0 Å². The lowest BCUT2D eigenvalue weighted by Crippen LogP contribution is -2.23. The second kappa shape index (κ2) is 8.59. The number of hydrogen-bond acceptors (Lipinski definition) is 2. The smallest absolute Gasteiger partial charge is 0.126 e. The normalized spacial score (nSPS) is 11.9. The van der Waals surface area contributed by atoms with E-state index >= 15 is 0 Å². The van der Waals surface area contributed by atoms with Crippen LogP contribution in [0.5, 0.6) is 5.75 Å². The van der Waals surface area contributed by atoms with Crippen LogP contribution in [0.1, 0.15) is 43.0 Å². The van der Waals surface area contributed by atoms with Gasteiger partial charge in [-0.3, -0.25) is 0 Å². The zero-order valence-corrected chi connectivity index (χ0v) is 19.4. The molecule has 3 aromatic rings. The van der Waals surface area contributed by atoms with E-state index in [2.05, 4.69) is 94.2 Å².